The molecular formula is C17H21BrN2O3. The Bertz CT molecular complexity index is 661. The molecule has 2 aliphatic rings. The molecule has 1 fully saturated rings. The molecule has 0 aliphatic carbocycles. The first kappa shape index (κ1) is 16.3. The van der Waals surface area contributed by atoms with Crippen molar-refractivity contribution in [3.63, 3.8) is 0 Å². The number of hydrogen-bond donors (Lipinski definition) is 1. The smallest absolute Gasteiger partial charge is 0.409 e. The number of carbonyl (C=O) groups is 2. The third-order valence-corrected chi connectivity index (χ3v) is 5.40. The number of nitrogens with one attached hydrogen (secondary N) is 1. The summed E-state index contributed by atoms with van der Waals surface area (Å²) in [6.07, 6.45) is 1.03. The molecule has 0 saturated carbocycles. The summed E-state index contributed by atoms with van der Waals surface area (Å²) in [5.41, 5.74) is 1.15. The van der Waals surface area contributed by atoms with Gasteiger partial charge in [0.1, 0.15) is 0 Å². The third kappa shape index (κ3) is 2.43. The van der Waals surface area contributed by atoms with Gasteiger partial charge < -0.3 is 15.0 Å². The van der Waals surface area contributed by atoms with Gasteiger partial charge in [-0.25, -0.2) is 4.79 Å². The van der Waals surface area contributed by atoms with Gasteiger partial charge in [0.25, 0.3) is 0 Å². The molecule has 0 radical (unpaired) electrons. The zero-order chi connectivity index (χ0) is 16.8. The minimum Gasteiger partial charge on any atom is -0.453 e. The van der Waals surface area contributed by atoms with Gasteiger partial charge >= 0.3 is 6.09 Å². The molecule has 5 nitrogen and oxygen atoms in total. The summed E-state index contributed by atoms with van der Waals surface area (Å²) >= 11 is 3.45. The summed E-state index contributed by atoms with van der Waals surface area (Å²) in [7, 11) is 1.39. The molecule has 2 atom stereocenters. The molecule has 1 aromatic rings. The zero-order valence-corrected chi connectivity index (χ0v) is 15.1. The normalized spacial score (nSPS) is 25.9. The van der Waals surface area contributed by atoms with Crippen LogP contribution in [0.15, 0.2) is 22.7 Å². The molecule has 124 valence electrons. The quantitative estimate of drug-likeness (QED) is 0.853. The maximum atomic E-state index is 12.9. The number of carbonyl (C=O) groups excluding carboxylic acids is 2. The van der Waals surface area contributed by atoms with Crippen LogP contribution in [-0.2, 0) is 14.9 Å². The van der Waals surface area contributed by atoms with E-state index in [1.54, 1.807) is 4.90 Å². The predicted molar refractivity (Wildman–Crippen MR) is 91.4 cm³/mol. The highest BCUT2D eigenvalue weighted by molar-refractivity contribution is 9.10. The van der Waals surface area contributed by atoms with Crippen LogP contribution in [0.3, 0.4) is 0 Å². The number of fused-ring (bicyclic) bond motifs is 2. The van der Waals surface area contributed by atoms with Crippen LogP contribution in [0.25, 0.3) is 0 Å². The van der Waals surface area contributed by atoms with E-state index >= 15 is 0 Å². The lowest BCUT2D eigenvalue weighted by Crippen LogP contribution is -2.49. The predicted octanol–water partition coefficient (Wildman–Crippen LogP) is 3.53. The average molecular weight is 381 g/mol. The Morgan fingerprint density at radius 2 is 2.26 bits per heavy atom. The van der Waals surface area contributed by atoms with Crippen molar-refractivity contribution in [2.24, 2.45) is 5.92 Å². The molecular weight excluding hydrogens is 360 g/mol. The van der Waals surface area contributed by atoms with Crippen LogP contribution in [0.4, 0.5) is 10.5 Å². The summed E-state index contributed by atoms with van der Waals surface area (Å²) in [6, 6.07) is 5.69. The van der Waals surface area contributed by atoms with E-state index in [9.17, 15) is 9.59 Å². The molecule has 23 heavy (non-hydrogen) atoms. The van der Waals surface area contributed by atoms with E-state index in [0.717, 1.165) is 22.1 Å². The Labute approximate surface area is 144 Å². The second-order valence-electron chi connectivity index (χ2n) is 6.67. The van der Waals surface area contributed by atoms with Crippen molar-refractivity contribution in [2.45, 2.75) is 38.1 Å². The molecule has 1 N–H and O–H groups in total. The highest BCUT2D eigenvalue weighted by atomic mass is 79.9. The summed E-state index contributed by atoms with van der Waals surface area (Å²) < 4.78 is 5.87. The average Bonchev–Trinajstić information content (AvgIpc) is 2.98. The van der Waals surface area contributed by atoms with Gasteiger partial charge in [-0.1, -0.05) is 35.8 Å². The van der Waals surface area contributed by atoms with E-state index in [1.807, 2.05) is 18.2 Å². The highest BCUT2D eigenvalue weighted by Gasteiger charge is 2.58. The topological polar surface area (TPSA) is 58.6 Å². The maximum Gasteiger partial charge on any atom is 0.409 e. The van der Waals surface area contributed by atoms with Crippen LogP contribution in [-0.4, -0.2) is 36.6 Å². The van der Waals surface area contributed by atoms with Crippen LogP contribution in [0, 0.1) is 5.92 Å². The van der Waals surface area contributed by atoms with Gasteiger partial charge in [-0.05, 0) is 36.5 Å². The monoisotopic (exact) mass is 380 g/mol. The Balaban J connectivity index is 2.09. The van der Waals surface area contributed by atoms with Gasteiger partial charge in [0, 0.05) is 16.7 Å². The number of ether oxygens (including phenoxy) is 1. The van der Waals surface area contributed by atoms with Gasteiger partial charge in [-0.15, -0.1) is 0 Å². The fraction of sp³-hybridized carbons (Fsp3) is 0.529. The number of anilines is 1. The first-order chi connectivity index (χ1) is 10.9. The Morgan fingerprint density at radius 3 is 2.91 bits per heavy atom. The molecule has 1 spiro atoms. The fourth-order valence-electron chi connectivity index (χ4n) is 3.94. The van der Waals surface area contributed by atoms with Crippen molar-refractivity contribution >= 4 is 33.6 Å². The van der Waals surface area contributed by atoms with E-state index in [1.165, 1.54) is 7.11 Å². The van der Waals surface area contributed by atoms with Gasteiger partial charge in [-0.2, -0.15) is 0 Å². The minimum atomic E-state index is -0.672. The van der Waals surface area contributed by atoms with Crippen molar-refractivity contribution in [1.29, 1.82) is 0 Å². The second kappa shape index (κ2) is 5.82. The molecule has 1 aromatic carbocycles. The highest BCUT2D eigenvalue weighted by Crippen LogP contribution is 2.50. The lowest BCUT2D eigenvalue weighted by Gasteiger charge is -2.34. The maximum absolute atomic E-state index is 12.9. The van der Waals surface area contributed by atoms with Gasteiger partial charge in [-0.3, -0.25) is 4.79 Å². The number of rotatable bonds is 2. The van der Waals surface area contributed by atoms with Crippen LogP contribution < -0.4 is 5.32 Å². The van der Waals surface area contributed by atoms with Gasteiger partial charge in [0.15, 0.2) is 0 Å². The van der Waals surface area contributed by atoms with Crippen molar-refractivity contribution in [3.05, 3.63) is 28.2 Å². The molecule has 2 heterocycles. The first-order valence-corrected chi connectivity index (χ1v) is 8.65. The standard InChI is InChI=1S/C17H21BrN2O3/c1-10(2)8-14-17(6-7-20(14)16(22)23-3)12-5-4-11(18)9-13(12)19-15(17)21/h4-5,9-10,14H,6-8H2,1-3H3,(H,19,21)/t14-,17+/m0/s1. The first-order valence-electron chi connectivity index (χ1n) is 7.86. The van der Waals surface area contributed by atoms with E-state index in [4.69, 9.17) is 4.74 Å². The lowest BCUT2D eigenvalue weighted by molar-refractivity contribution is -0.121. The third-order valence-electron chi connectivity index (χ3n) is 4.91. The van der Waals surface area contributed by atoms with Crippen LogP contribution in [0.5, 0.6) is 0 Å². The SMILES string of the molecule is COC(=O)N1CC[C@]2(C(=O)Nc3cc(Br)ccc32)[C@@H]1CC(C)C. The Morgan fingerprint density at radius 1 is 1.52 bits per heavy atom. The molecule has 0 aromatic heterocycles. The largest absolute Gasteiger partial charge is 0.453 e. The number of methoxy groups -OCH3 is 1. The summed E-state index contributed by atoms with van der Waals surface area (Å²) in [5.74, 6) is 0.358. The van der Waals surface area contributed by atoms with E-state index < -0.39 is 5.41 Å². The lowest BCUT2D eigenvalue weighted by atomic mass is 9.72. The minimum absolute atomic E-state index is 0.0114. The number of likely N-dealkylation sites (tertiary alicyclic amines) is 1. The zero-order valence-electron chi connectivity index (χ0n) is 13.6. The Hall–Kier alpha value is -1.56. The fourth-order valence-corrected chi connectivity index (χ4v) is 4.30. The van der Waals surface area contributed by atoms with Gasteiger partial charge in [0.2, 0.25) is 5.91 Å². The van der Waals surface area contributed by atoms with E-state index in [-0.39, 0.29) is 18.0 Å². The number of benzene rings is 1. The Kier molecular flexibility index (Phi) is 4.12. The van der Waals surface area contributed by atoms with Crippen molar-refractivity contribution in [1.82, 2.24) is 4.90 Å². The molecule has 1 saturated heterocycles. The van der Waals surface area contributed by atoms with Crippen LogP contribution in [0.2, 0.25) is 0 Å². The molecule has 2 amide bonds. The molecule has 2 aliphatic heterocycles. The molecule has 0 bridgehead atoms. The van der Waals surface area contributed by atoms with Gasteiger partial charge in [0.05, 0.1) is 18.6 Å². The summed E-state index contributed by atoms with van der Waals surface area (Å²) in [5, 5.41) is 3.00. The van der Waals surface area contributed by atoms with Crippen LogP contribution >= 0.6 is 15.9 Å². The second-order valence-corrected chi connectivity index (χ2v) is 7.59. The molecule has 0 unspecified atom stereocenters. The molecule has 3 rings (SSSR count). The number of amides is 2. The van der Waals surface area contributed by atoms with E-state index in [0.29, 0.717) is 18.9 Å². The number of nitrogens with zero attached hydrogens (tertiary/aromatic N) is 1. The van der Waals surface area contributed by atoms with Crippen LogP contribution in [0.1, 0.15) is 32.3 Å². The number of hydrogen-bond acceptors (Lipinski definition) is 3. The van der Waals surface area contributed by atoms with Crippen molar-refractivity contribution in [2.75, 3.05) is 19.0 Å². The number of halogens is 1. The van der Waals surface area contributed by atoms with E-state index in [2.05, 4.69) is 35.1 Å². The summed E-state index contributed by atoms with van der Waals surface area (Å²) in [4.78, 5) is 26.8. The molecule has 6 heteroatoms. The van der Waals surface area contributed by atoms with Crippen molar-refractivity contribution in [3.8, 4) is 0 Å². The van der Waals surface area contributed by atoms with Crippen molar-refractivity contribution < 1.29 is 14.3 Å². The summed E-state index contributed by atoms with van der Waals surface area (Å²) in [6.45, 7) is 4.75.